The van der Waals surface area contributed by atoms with E-state index in [-0.39, 0.29) is 6.10 Å². The second-order valence-corrected chi connectivity index (χ2v) is 5.92. The van der Waals surface area contributed by atoms with E-state index in [0.29, 0.717) is 19.8 Å². The Morgan fingerprint density at radius 2 is 2.08 bits per heavy atom. The third-order valence-electron chi connectivity index (χ3n) is 4.16. The van der Waals surface area contributed by atoms with Gasteiger partial charge in [0.1, 0.15) is 5.82 Å². The van der Waals surface area contributed by atoms with Gasteiger partial charge in [0.15, 0.2) is 5.65 Å². The minimum Gasteiger partial charge on any atom is -0.376 e. The topological polar surface area (TPSA) is 51.9 Å². The summed E-state index contributed by atoms with van der Waals surface area (Å²) in [6.07, 6.45) is 1.84. The third kappa shape index (κ3) is 2.98. The number of likely N-dealkylation sites (N-methyl/N-ethyl adjacent to an activating group) is 1. The molecular formula is C18H20N4O2. The van der Waals surface area contributed by atoms with Crippen LogP contribution in [0.2, 0.25) is 0 Å². The molecule has 0 N–H and O–H groups in total. The average molecular weight is 324 g/mol. The highest BCUT2D eigenvalue weighted by atomic mass is 16.6. The number of ether oxygens (including phenoxy) is 2. The smallest absolute Gasteiger partial charge is 0.157 e. The van der Waals surface area contributed by atoms with Crippen molar-refractivity contribution in [3.63, 3.8) is 0 Å². The summed E-state index contributed by atoms with van der Waals surface area (Å²) in [5.74, 6) is 0.984. The van der Waals surface area contributed by atoms with Gasteiger partial charge in [-0.2, -0.15) is 9.61 Å². The van der Waals surface area contributed by atoms with E-state index >= 15 is 0 Å². The number of fused-ring (bicyclic) bond motifs is 1. The summed E-state index contributed by atoms with van der Waals surface area (Å²) in [5, 5.41) is 4.41. The highest BCUT2D eigenvalue weighted by molar-refractivity contribution is 5.66. The molecule has 4 rings (SSSR count). The third-order valence-corrected chi connectivity index (χ3v) is 4.16. The molecule has 1 fully saturated rings. The number of anilines is 1. The van der Waals surface area contributed by atoms with Gasteiger partial charge in [-0.15, -0.1) is 0 Å². The lowest BCUT2D eigenvalue weighted by atomic mass is 10.1. The van der Waals surface area contributed by atoms with Crippen molar-refractivity contribution in [2.45, 2.75) is 6.10 Å². The Bertz CT molecular complexity index is 812. The molecule has 3 heterocycles. The summed E-state index contributed by atoms with van der Waals surface area (Å²) in [6, 6.07) is 14.2. The summed E-state index contributed by atoms with van der Waals surface area (Å²) in [4.78, 5) is 6.86. The van der Waals surface area contributed by atoms with Crippen LogP contribution in [0.3, 0.4) is 0 Å². The van der Waals surface area contributed by atoms with Gasteiger partial charge in [-0.05, 0) is 0 Å². The van der Waals surface area contributed by atoms with Crippen LogP contribution < -0.4 is 4.90 Å². The largest absolute Gasteiger partial charge is 0.376 e. The van der Waals surface area contributed by atoms with E-state index in [1.54, 1.807) is 6.20 Å². The lowest BCUT2D eigenvalue weighted by Gasteiger charge is -2.28. The monoisotopic (exact) mass is 324 g/mol. The summed E-state index contributed by atoms with van der Waals surface area (Å²) in [7, 11) is 2.04. The summed E-state index contributed by atoms with van der Waals surface area (Å²) >= 11 is 0. The number of aromatic nitrogens is 3. The molecule has 0 radical (unpaired) electrons. The van der Waals surface area contributed by atoms with Crippen LogP contribution in [0.4, 0.5) is 5.82 Å². The maximum absolute atomic E-state index is 5.77. The molecule has 0 bridgehead atoms. The van der Waals surface area contributed by atoms with E-state index in [4.69, 9.17) is 14.5 Å². The summed E-state index contributed by atoms with van der Waals surface area (Å²) < 4.78 is 13.1. The Morgan fingerprint density at radius 1 is 1.21 bits per heavy atom. The molecule has 0 amide bonds. The van der Waals surface area contributed by atoms with Gasteiger partial charge in [0, 0.05) is 31.3 Å². The first-order valence-corrected chi connectivity index (χ1v) is 8.12. The molecule has 1 unspecified atom stereocenters. The van der Waals surface area contributed by atoms with E-state index in [1.165, 1.54) is 0 Å². The Kier molecular flexibility index (Phi) is 4.15. The van der Waals surface area contributed by atoms with Crippen LogP contribution in [0, 0.1) is 0 Å². The fourth-order valence-corrected chi connectivity index (χ4v) is 2.97. The number of nitrogens with zero attached hydrogens (tertiary/aromatic N) is 4. The molecule has 3 aromatic rings. The van der Waals surface area contributed by atoms with Gasteiger partial charge in [-0.25, -0.2) is 4.98 Å². The van der Waals surface area contributed by atoms with Crippen LogP contribution in [0.25, 0.3) is 16.9 Å². The van der Waals surface area contributed by atoms with Crippen molar-refractivity contribution in [2.24, 2.45) is 0 Å². The van der Waals surface area contributed by atoms with Gasteiger partial charge >= 0.3 is 0 Å². The molecule has 6 heteroatoms. The molecule has 1 aliphatic heterocycles. The second-order valence-electron chi connectivity index (χ2n) is 5.92. The molecule has 2 aromatic heterocycles. The quantitative estimate of drug-likeness (QED) is 0.737. The van der Waals surface area contributed by atoms with E-state index in [9.17, 15) is 0 Å². The first-order valence-electron chi connectivity index (χ1n) is 8.12. The number of benzene rings is 1. The van der Waals surface area contributed by atoms with Gasteiger partial charge in [-0.3, -0.25) is 0 Å². The van der Waals surface area contributed by atoms with Gasteiger partial charge in [0.05, 0.1) is 37.8 Å². The molecule has 1 atom stereocenters. The van der Waals surface area contributed by atoms with Crippen molar-refractivity contribution < 1.29 is 9.47 Å². The molecule has 6 nitrogen and oxygen atoms in total. The Balaban J connectivity index is 1.69. The number of hydrogen-bond acceptors (Lipinski definition) is 5. The van der Waals surface area contributed by atoms with Crippen LogP contribution in [0.5, 0.6) is 0 Å². The highest BCUT2D eigenvalue weighted by Gasteiger charge is 2.19. The second kappa shape index (κ2) is 6.59. The van der Waals surface area contributed by atoms with Gasteiger partial charge < -0.3 is 14.4 Å². The Hall–Kier alpha value is -2.44. The van der Waals surface area contributed by atoms with Crippen LogP contribution in [-0.2, 0) is 9.47 Å². The SMILES string of the molecule is CN(CC1COCCO1)c1cc(-c2ccccc2)nc2ccnn12. The van der Waals surface area contributed by atoms with E-state index < -0.39 is 0 Å². The zero-order valence-corrected chi connectivity index (χ0v) is 13.6. The molecule has 1 aromatic carbocycles. The Labute approximate surface area is 140 Å². The van der Waals surface area contributed by atoms with Crippen molar-refractivity contribution >= 4 is 11.5 Å². The Morgan fingerprint density at radius 3 is 2.88 bits per heavy atom. The van der Waals surface area contributed by atoms with Gasteiger partial charge in [0.2, 0.25) is 0 Å². The minimum atomic E-state index is 0.0719. The highest BCUT2D eigenvalue weighted by Crippen LogP contribution is 2.24. The average Bonchev–Trinajstić information content (AvgIpc) is 3.11. The van der Waals surface area contributed by atoms with Crippen molar-refractivity contribution in [3.8, 4) is 11.3 Å². The molecular weight excluding hydrogens is 304 g/mol. The number of hydrogen-bond donors (Lipinski definition) is 0. The lowest BCUT2D eigenvalue weighted by Crippen LogP contribution is -2.39. The molecule has 0 spiro atoms. The van der Waals surface area contributed by atoms with E-state index in [1.807, 2.05) is 35.8 Å². The predicted octanol–water partition coefficient (Wildman–Crippen LogP) is 2.25. The van der Waals surface area contributed by atoms with Gasteiger partial charge in [-0.1, -0.05) is 30.3 Å². The fourth-order valence-electron chi connectivity index (χ4n) is 2.97. The molecule has 24 heavy (non-hydrogen) atoms. The van der Waals surface area contributed by atoms with Crippen LogP contribution in [-0.4, -0.2) is 54.1 Å². The van der Waals surface area contributed by atoms with Crippen molar-refractivity contribution in [1.82, 2.24) is 14.6 Å². The first kappa shape index (κ1) is 15.1. The lowest BCUT2D eigenvalue weighted by molar-refractivity contribution is -0.0837. The zero-order valence-electron chi connectivity index (χ0n) is 13.6. The molecule has 124 valence electrons. The van der Waals surface area contributed by atoms with Crippen LogP contribution in [0.1, 0.15) is 0 Å². The maximum atomic E-state index is 5.77. The molecule has 1 saturated heterocycles. The number of rotatable bonds is 4. The van der Waals surface area contributed by atoms with Crippen molar-refractivity contribution in [1.29, 1.82) is 0 Å². The minimum absolute atomic E-state index is 0.0719. The van der Waals surface area contributed by atoms with Crippen molar-refractivity contribution in [2.75, 3.05) is 38.3 Å². The van der Waals surface area contributed by atoms with Crippen LogP contribution >= 0.6 is 0 Å². The normalized spacial score (nSPS) is 18.0. The van der Waals surface area contributed by atoms with E-state index in [2.05, 4.69) is 28.2 Å². The maximum Gasteiger partial charge on any atom is 0.157 e. The standard InChI is InChI=1S/C18H20N4O2/c1-21(12-15-13-23-9-10-24-15)18-11-16(14-5-3-2-4-6-14)20-17-7-8-19-22(17)18/h2-8,11,15H,9-10,12-13H2,1H3. The fraction of sp³-hybridized carbons (Fsp3) is 0.333. The molecule has 0 aliphatic carbocycles. The van der Waals surface area contributed by atoms with E-state index in [0.717, 1.165) is 29.3 Å². The van der Waals surface area contributed by atoms with Crippen molar-refractivity contribution in [3.05, 3.63) is 48.7 Å². The van der Waals surface area contributed by atoms with Crippen LogP contribution in [0.15, 0.2) is 48.7 Å². The summed E-state index contributed by atoms with van der Waals surface area (Å²) in [6.45, 7) is 2.70. The zero-order chi connectivity index (χ0) is 16.4. The molecule has 0 saturated carbocycles. The van der Waals surface area contributed by atoms with Gasteiger partial charge in [0.25, 0.3) is 0 Å². The summed E-state index contributed by atoms with van der Waals surface area (Å²) in [5.41, 5.74) is 2.86. The molecule has 1 aliphatic rings. The predicted molar refractivity (Wildman–Crippen MR) is 92.3 cm³/mol. The first-order chi connectivity index (χ1) is 11.8.